The van der Waals surface area contributed by atoms with Crippen molar-refractivity contribution in [2.75, 3.05) is 27.2 Å². The van der Waals surface area contributed by atoms with Crippen LogP contribution in [-0.2, 0) is 0 Å². The number of para-hydroxylation sites is 1. The van der Waals surface area contributed by atoms with Crippen LogP contribution >= 0.6 is 11.3 Å². The lowest BCUT2D eigenvalue weighted by Crippen LogP contribution is -2.27. The minimum atomic E-state index is -0.0369. The first-order valence-electron chi connectivity index (χ1n) is 8.02. The van der Waals surface area contributed by atoms with Gasteiger partial charge in [-0.25, -0.2) is 4.98 Å². The topological polar surface area (TPSA) is 45.2 Å². The van der Waals surface area contributed by atoms with Crippen LogP contribution in [0.25, 0.3) is 21.5 Å². The third kappa shape index (κ3) is 3.80. The summed E-state index contributed by atoms with van der Waals surface area (Å²) in [5.74, 6) is -0.0369. The highest BCUT2D eigenvalue weighted by atomic mass is 32.1. The molecule has 4 nitrogen and oxygen atoms in total. The Kier molecular flexibility index (Phi) is 5.23. The summed E-state index contributed by atoms with van der Waals surface area (Å²) < 4.78 is 0. The highest BCUT2D eigenvalue weighted by molar-refractivity contribution is 7.13. The van der Waals surface area contributed by atoms with Gasteiger partial charge in [-0.2, -0.15) is 0 Å². The maximum atomic E-state index is 12.7. The Bertz CT molecular complexity index is 828. The van der Waals surface area contributed by atoms with Crippen molar-refractivity contribution in [1.82, 2.24) is 15.2 Å². The van der Waals surface area contributed by atoms with Crippen molar-refractivity contribution in [2.45, 2.75) is 6.42 Å². The molecule has 0 saturated heterocycles. The Morgan fingerprint density at radius 1 is 1.21 bits per heavy atom. The first kappa shape index (κ1) is 16.6. The molecular formula is C19H21N3OS. The lowest BCUT2D eigenvalue weighted by atomic mass is 10.1. The van der Waals surface area contributed by atoms with E-state index in [9.17, 15) is 4.79 Å². The smallest absolute Gasteiger partial charge is 0.252 e. The molecule has 1 amide bonds. The van der Waals surface area contributed by atoms with Crippen LogP contribution in [0.2, 0.25) is 0 Å². The molecule has 1 aromatic carbocycles. The molecule has 0 bridgehead atoms. The van der Waals surface area contributed by atoms with E-state index in [4.69, 9.17) is 4.98 Å². The minimum absolute atomic E-state index is 0.0369. The highest BCUT2D eigenvalue weighted by Crippen LogP contribution is 2.27. The van der Waals surface area contributed by atoms with Crippen molar-refractivity contribution in [2.24, 2.45) is 0 Å². The highest BCUT2D eigenvalue weighted by Gasteiger charge is 2.13. The van der Waals surface area contributed by atoms with Gasteiger partial charge in [0.05, 0.1) is 21.7 Å². The second-order valence-electron chi connectivity index (χ2n) is 5.96. The quantitative estimate of drug-likeness (QED) is 0.697. The molecule has 0 radical (unpaired) electrons. The summed E-state index contributed by atoms with van der Waals surface area (Å²) in [6, 6.07) is 13.7. The van der Waals surface area contributed by atoms with Gasteiger partial charge >= 0.3 is 0 Å². The molecule has 0 spiro atoms. The molecule has 0 fully saturated rings. The van der Waals surface area contributed by atoms with Crippen molar-refractivity contribution < 1.29 is 4.79 Å². The summed E-state index contributed by atoms with van der Waals surface area (Å²) >= 11 is 1.63. The monoisotopic (exact) mass is 339 g/mol. The van der Waals surface area contributed by atoms with Gasteiger partial charge in [0.1, 0.15) is 0 Å². The van der Waals surface area contributed by atoms with Crippen LogP contribution in [0.5, 0.6) is 0 Å². The second kappa shape index (κ2) is 7.55. The number of carbonyl (C=O) groups is 1. The van der Waals surface area contributed by atoms with E-state index in [0.29, 0.717) is 12.1 Å². The molecule has 3 aromatic rings. The molecule has 24 heavy (non-hydrogen) atoms. The first-order chi connectivity index (χ1) is 11.6. The molecule has 0 atom stereocenters. The number of amides is 1. The normalized spacial score (nSPS) is 11.1. The van der Waals surface area contributed by atoms with Crippen LogP contribution in [0.3, 0.4) is 0 Å². The average Bonchev–Trinajstić information content (AvgIpc) is 3.12. The summed E-state index contributed by atoms with van der Waals surface area (Å²) in [7, 11) is 4.07. The summed E-state index contributed by atoms with van der Waals surface area (Å²) in [5, 5.41) is 5.94. The van der Waals surface area contributed by atoms with Gasteiger partial charge in [-0.3, -0.25) is 4.79 Å². The molecule has 1 N–H and O–H groups in total. The van der Waals surface area contributed by atoms with Gasteiger partial charge in [0, 0.05) is 11.9 Å². The fourth-order valence-electron chi connectivity index (χ4n) is 2.61. The number of hydrogen-bond acceptors (Lipinski definition) is 4. The molecule has 0 saturated carbocycles. The third-order valence-corrected chi connectivity index (χ3v) is 4.69. The van der Waals surface area contributed by atoms with Gasteiger partial charge in [0.25, 0.3) is 5.91 Å². The van der Waals surface area contributed by atoms with Crippen molar-refractivity contribution in [3.63, 3.8) is 0 Å². The first-order valence-corrected chi connectivity index (χ1v) is 8.90. The van der Waals surface area contributed by atoms with Gasteiger partial charge in [-0.15, -0.1) is 11.3 Å². The number of aromatic nitrogens is 1. The molecule has 3 rings (SSSR count). The van der Waals surface area contributed by atoms with Crippen LogP contribution in [0.1, 0.15) is 16.8 Å². The van der Waals surface area contributed by atoms with E-state index in [1.54, 1.807) is 11.3 Å². The van der Waals surface area contributed by atoms with Crippen molar-refractivity contribution in [1.29, 1.82) is 0 Å². The number of benzene rings is 1. The Morgan fingerprint density at radius 2 is 2.04 bits per heavy atom. The minimum Gasteiger partial charge on any atom is -0.352 e. The zero-order chi connectivity index (χ0) is 16.9. The zero-order valence-electron chi connectivity index (χ0n) is 14.0. The van der Waals surface area contributed by atoms with E-state index in [2.05, 4.69) is 10.2 Å². The maximum Gasteiger partial charge on any atom is 0.252 e. The number of pyridine rings is 1. The average molecular weight is 339 g/mol. The van der Waals surface area contributed by atoms with E-state index >= 15 is 0 Å². The predicted molar refractivity (Wildman–Crippen MR) is 101 cm³/mol. The largest absolute Gasteiger partial charge is 0.352 e. The molecule has 0 unspecified atom stereocenters. The van der Waals surface area contributed by atoms with Gasteiger partial charge < -0.3 is 10.2 Å². The molecule has 5 heteroatoms. The number of thiophene rings is 1. The van der Waals surface area contributed by atoms with Crippen molar-refractivity contribution >= 4 is 28.1 Å². The molecule has 0 aliphatic carbocycles. The van der Waals surface area contributed by atoms with Gasteiger partial charge in [-0.05, 0) is 50.6 Å². The third-order valence-electron chi connectivity index (χ3n) is 3.80. The number of nitrogens with zero attached hydrogens (tertiary/aromatic N) is 2. The predicted octanol–water partition coefficient (Wildman–Crippen LogP) is 3.64. The number of carbonyl (C=O) groups excluding carboxylic acids is 1. The van der Waals surface area contributed by atoms with E-state index in [0.717, 1.165) is 34.4 Å². The molecular weight excluding hydrogens is 318 g/mol. The van der Waals surface area contributed by atoms with Crippen molar-refractivity contribution in [3.8, 4) is 10.6 Å². The SMILES string of the molecule is CN(C)CCCNC(=O)c1cc(-c2cccs2)nc2ccccc12. The number of hydrogen-bond donors (Lipinski definition) is 1. The number of fused-ring (bicyclic) bond motifs is 1. The lowest BCUT2D eigenvalue weighted by Gasteiger charge is -2.12. The molecule has 124 valence electrons. The lowest BCUT2D eigenvalue weighted by molar-refractivity contribution is 0.0954. The molecule has 2 heterocycles. The van der Waals surface area contributed by atoms with E-state index in [1.165, 1.54) is 0 Å². The molecule has 0 aliphatic heterocycles. The van der Waals surface area contributed by atoms with Crippen molar-refractivity contribution in [3.05, 3.63) is 53.4 Å². The molecule has 0 aliphatic rings. The number of rotatable bonds is 6. The second-order valence-corrected chi connectivity index (χ2v) is 6.91. The summed E-state index contributed by atoms with van der Waals surface area (Å²) in [4.78, 5) is 20.6. The van der Waals surface area contributed by atoms with Crippen LogP contribution in [0.4, 0.5) is 0 Å². The van der Waals surface area contributed by atoms with Gasteiger partial charge in [0.2, 0.25) is 0 Å². The fraction of sp³-hybridized carbons (Fsp3) is 0.263. The summed E-state index contributed by atoms with van der Waals surface area (Å²) in [6.07, 6.45) is 0.930. The Balaban J connectivity index is 1.89. The van der Waals surface area contributed by atoms with Crippen LogP contribution < -0.4 is 5.32 Å². The summed E-state index contributed by atoms with van der Waals surface area (Å²) in [6.45, 7) is 1.62. The van der Waals surface area contributed by atoms with Gasteiger partial charge in [-0.1, -0.05) is 24.3 Å². The zero-order valence-corrected chi connectivity index (χ0v) is 14.8. The Labute approximate surface area is 146 Å². The van der Waals surface area contributed by atoms with Crippen LogP contribution in [0.15, 0.2) is 47.8 Å². The molecule has 2 aromatic heterocycles. The van der Waals surface area contributed by atoms with E-state index in [1.807, 2.05) is 61.9 Å². The summed E-state index contributed by atoms with van der Waals surface area (Å²) in [5.41, 5.74) is 2.39. The Hall–Kier alpha value is -2.24. The standard InChI is InChI=1S/C19H21N3OS/c1-22(2)11-6-10-20-19(23)15-13-17(18-9-5-12-24-18)21-16-8-4-3-7-14(15)16/h3-5,7-9,12-13H,6,10-11H2,1-2H3,(H,20,23). The van der Waals surface area contributed by atoms with E-state index < -0.39 is 0 Å². The van der Waals surface area contributed by atoms with Gasteiger partial charge in [0.15, 0.2) is 0 Å². The van der Waals surface area contributed by atoms with Crippen LogP contribution in [0, 0.1) is 0 Å². The fourth-order valence-corrected chi connectivity index (χ4v) is 3.29. The maximum absolute atomic E-state index is 12.7. The van der Waals surface area contributed by atoms with Crippen LogP contribution in [-0.4, -0.2) is 43.0 Å². The van der Waals surface area contributed by atoms with E-state index in [-0.39, 0.29) is 5.91 Å². The number of nitrogens with one attached hydrogen (secondary N) is 1. The Morgan fingerprint density at radius 3 is 2.79 bits per heavy atom.